The molecule has 20 heavy (non-hydrogen) atoms. The lowest BCUT2D eigenvalue weighted by Gasteiger charge is -2.24. The summed E-state index contributed by atoms with van der Waals surface area (Å²) in [5.74, 6) is 2.04. The Balaban J connectivity index is 1.92. The van der Waals surface area contributed by atoms with Gasteiger partial charge in [-0.1, -0.05) is 11.6 Å². The second-order valence-corrected chi connectivity index (χ2v) is 5.87. The minimum Gasteiger partial charge on any atom is -0.506 e. The number of benzene rings is 1. The number of ether oxygens (including phenoxy) is 2. The van der Waals surface area contributed by atoms with Crippen molar-refractivity contribution >= 4 is 11.6 Å². The molecule has 0 spiro atoms. The summed E-state index contributed by atoms with van der Waals surface area (Å²) in [4.78, 5) is 0. The number of hydrogen-bond acceptors (Lipinski definition) is 4. The van der Waals surface area contributed by atoms with Crippen molar-refractivity contribution in [3.63, 3.8) is 0 Å². The number of aromatic hydroxyl groups is 1. The molecular weight excluding hydrogens is 278 g/mol. The van der Waals surface area contributed by atoms with Crippen LogP contribution in [0, 0.1) is 5.92 Å². The Labute approximate surface area is 124 Å². The van der Waals surface area contributed by atoms with Gasteiger partial charge in [0.15, 0.2) is 11.5 Å². The van der Waals surface area contributed by atoms with Gasteiger partial charge in [-0.05, 0) is 38.3 Å². The van der Waals surface area contributed by atoms with E-state index in [2.05, 4.69) is 5.32 Å². The van der Waals surface area contributed by atoms with Gasteiger partial charge in [-0.2, -0.15) is 0 Å². The first kappa shape index (κ1) is 13.8. The number of rotatable bonds is 2. The Morgan fingerprint density at radius 1 is 1.25 bits per heavy atom. The molecule has 2 aliphatic rings. The quantitative estimate of drug-likeness (QED) is 0.881. The smallest absolute Gasteiger partial charge is 0.168 e. The SMILES string of the molecule is Oc1c(Cl)cc2c(c1CC1CCNCC1)OCCCO2. The average molecular weight is 298 g/mol. The Kier molecular flexibility index (Phi) is 4.22. The van der Waals surface area contributed by atoms with Gasteiger partial charge in [0.1, 0.15) is 5.75 Å². The highest BCUT2D eigenvalue weighted by Crippen LogP contribution is 2.44. The predicted molar refractivity (Wildman–Crippen MR) is 78.0 cm³/mol. The van der Waals surface area contributed by atoms with E-state index in [0.717, 1.165) is 44.3 Å². The third-order valence-corrected chi connectivity index (χ3v) is 4.30. The summed E-state index contributed by atoms with van der Waals surface area (Å²) in [7, 11) is 0. The van der Waals surface area contributed by atoms with Crippen molar-refractivity contribution in [2.45, 2.75) is 25.7 Å². The number of piperidine rings is 1. The Bertz CT molecular complexity index is 486. The molecule has 0 saturated carbocycles. The van der Waals surface area contributed by atoms with E-state index in [1.54, 1.807) is 6.07 Å². The van der Waals surface area contributed by atoms with Crippen LogP contribution in [0.3, 0.4) is 0 Å². The highest BCUT2D eigenvalue weighted by atomic mass is 35.5. The standard InChI is InChI=1S/C15H20ClNO3/c16-12-9-13-15(20-7-1-6-19-13)11(14(12)18)8-10-2-4-17-5-3-10/h9-10,17-18H,1-8H2. The molecule has 1 aromatic rings. The zero-order valence-corrected chi connectivity index (χ0v) is 12.2. The number of fused-ring (bicyclic) bond motifs is 1. The molecule has 1 saturated heterocycles. The lowest BCUT2D eigenvalue weighted by atomic mass is 9.90. The van der Waals surface area contributed by atoms with Gasteiger partial charge in [-0.25, -0.2) is 0 Å². The van der Waals surface area contributed by atoms with Gasteiger partial charge in [0.2, 0.25) is 0 Å². The summed E-state index contributed by atoms with van der Waals surface area (Å²) < 4.78 is 11.5. The lowest BCUT2D eigenvalue weighted by molar-refractivity contribution is 0.294. The summed E-state index contributed by atoms with van der Waals surface area (Å²) in [5, 5.41) is 14.0. The molecule has 2 N–H and O–H groups in total. The fraction of sp³-hybridized carbons (Fsp3) is 0.600. The normalized spacial score (nSPS) is 19.6. The number of hydrogen-bond donors (Lipinski definition) is 2. The first-order valence-electron chi connectivity index (χ1n) is 7.26. The molecule has 4 nitrogen and oxygen atoms in total. The molecule has 1 aromatic carbocycles. The van der Waals surface area contributed by atoms with E-state index in [0.29, 0.717) is 35.7 Å². The molecule has 0 amide bonds. The summed E-state index contributed by atoms with van der Waals surface area (Å²) in [6.07, 6.45) is 3.86. The molecule has 0 unspecified atom stereocenters. The van der Waals surface area contributed by atoms with Crippen LogP contribution in [0.4, 0.5) is 0 Å². The fourth-order valence-corrected chi connectivity index (χ4v) is 3.11. The van der Waals surface area contributed by atoms with E-state index in [1.165, 1.54) is 0 Å². The van der Waals surface area contributed by atoms with Gasteiger partial charge in [-0.3, -0.25) is 0 Å². The van der Waals surface area contributed by atoms with E-state index in [-0.39, 0.29) is 5.75 Å². The minimum absolute atomic E-state index is 0.148. The van der Waals surface area contributed by atoms with Crippen LogP contribution in [-0.2, 0) is 6.42 Å². The molecule has 0 bridgehead atoms. The number of phenolic OH excluding ortho intramolecular Hbond substituents is 1. The van der Waals surface area contributed by atoms with Crippen molar-refractivity contribution in [3.05, 3.63) is 16.7 Å². The van der Waals surface area contributed by atoms with Crippen molar-refractivity contribution in [2.75, 3.05) is 26.3 Å². The predicted octanol–water partition coefficient (Wildman–Crippen LogP) is 2.75. The van der Waals surface area contributed by atoms with Gasteiger partial charge >= 0.3 is 0 Å². The maximum atomic E-state index is 10.3. The van der Waals surface area contributed by atoms with Crippen LogP contribution >= 0.6 is 11.6 Å². The van der Waals surface area contributed by atoms with Gasteiger partial charge in [0, 0.05) is 18.1 Å². The Morgan fingerprint density at radius 3 is 2.80 bits per heavy atom. The van der Waals surface area contributed by atoms with Crippen LogP contribution in [0.2, 0.25) is 5.02 Å². The van der Waals surface area contributed by atoms with Crippen molar-refractivity contribution in [1.29, 1.82) is 0 Å². The summed E-state index contributed by atoms with van der Waals surface area (Å²) in [6.45, 7) is 3.31. The largest absolute Gasteiger partial charge is 0.506 e. The van der Waals surface area contributed by atoms with E-state index >= 15 is 0 Å². The van der Waals surface area contributed by atoms with Crippen LogP contribution in [0.25, 0.3) is 0 Å². The van der Waals surface area contributed by atoms with E-state index in [4.69, 9.17) is 21.1 Å². The van der Waals surface area contributed by atoms with Crippen molar-refractivity contribution in [3.8, 4) is 17.2 Å². The second kappa shape index (κ2) is 6.10. The van der Waals surface area contributed by atoms with Gasteiger partial charge in [0.25, 0.3) is 0 Å². The maximum Gasteiger partial charge on any atom is 0.168 e. The molecule has 0 atom stereocenters. The number of halogens is 1. The zero-order valence-electron chi connectivity index (χ0n) is 11.5. The fourth-order valence-electron chi connectivity index (χ4n) is 2.89. The Morgan fingerprint density at radius 2 is 2.00 bits per heavy atom. The minimum atomic E-state index is 0.148. The van der Waals surface area contributed by atoms with Gasteiger partial charge in [0.05, 0.1) is 18.2 Å². The van der Waals surface area contributed by atoms with Crippen molar-refractivity contribution < 1.29 is 14.6 Å². The van der Waals surface area contributed by atoms with Crippen LogP contribution < -0.4 is 14.8 Å². The molecule has 110 valence electrons. The second-order valence-electron chi connectivity index (χ2n) is 5.46. The van der Waals surface area contributed by atoms with Crippen molar-refractivity contribution in [2.24, 2.45) is 5.92 Å². The molecule has 2 heterocycles. The third-order valence-electron chi connectivity index (χ3n) is 4.01. The molecule has 0 aromatic heterocycles. The molecular formula is C15H20ClNO3. The topological polar surface area (TPSA) is 50.7 Å². The average Bonchev–Trinajstić information content (AvgIpc) is 2.70. The summed E-state index contributed by atoms with van der Waals surface area (Å²) >= 11 is 6.12. The third kappa shape index (κ3) is 2.81. The van der Waals surface area contributed by atoms with Crippen LogP contribution in [0.15, 0.2) is 6.07 Å². The highest BCUT2D eigenvalue weighted by Gasteiger charge is 2.24. The number of phenols is 1. The zero-order chi connectivity index (χ0) is 13.9. The van der Waals surface area contributed by atoms with E-state index < -0.39 is 0 Å². The molecule has 2 aliphatic heterocycles. The maximum absolute atomic E-state index is 10.3. The molecule has 0 aliphatic carbocycles. The molecule has 1 fully saturated rings. The monoisotopic (exact) mass is 297 g/mol. The van der Waals surface area contributed by atoms with Gasteiger partial charge in [-0.15, -0.1) is 0 Å². The first-order chi connectivity index (χ1) is 9.75. The molecule has 5 heteroatoms. The van der Waals surface area contributed by atoms with Gasteiger partial charge < -0.3 is 19.9 Å². The highest BCUT2D eigenvalue weighted by molar-refractivity contribution is 6.32. The van der Waals surface area contributed by atoms with Crippen molar-refractivity contribution in [1.82, 2.24) is 5.32 Å². The molecule has 3 rings (SSSR count). The summed E-state index contributed by atoms with van der Waals surface area (Å²) in [5.41, 5.74) is 0.807. The van der Waals surface area contributed by atoms with E-state index in [9.17, 15) is 5.11 Å². The van der Waals surface area contributed by atoms with Crippen LogP contribution in [0.1, 0.15) is 24.8 Å². The summed E-state index contributed by atoms with van der Waals surface area (Å²) in [6, 6.07) is 1.66. The van der Waals surface area contributed by atoms with E-state index in [1.807, 2.05) is 0 Å². The number of nitrogens with one attached hydrogen (secondary N) is 1. The van der Waals surface area contributed by atoms with Crippen LogP contribution in [-0.4, -0.2) is 31.4 Å². The Hall–Kier alpha value is -1.13. The lowest BCUT2D eigenvalue weighted by Crippen LogP contribution is -2.28. The molecule has 0 radical (unpaired) electrons. The van der Waals surface area contributed by atoms with Crippen LogP contribution in [0.5, 0.6) is 17.2 Å². The first-order valence-corrected chi connectivity index (χ1v) is 7.64.